The highest BCUT2D eigenvalue weighted by Crippen LogP contribution is 2.25. The molecule has 0 aliphatic rings. The Morgan fingerprint density at radius 1 is 1.32 bits per heavy atom. The van der Waals surface area contributed by atoms with E-state index in [9.17, 15) is 4.79 Å². The van der Waals surface area contributed by atoms with E-state index >= 15 is 0 Å². The zero-order chi connectivity index (χ0) is 13.7. The summed E-state index contributed by atoms with van der Waals surface area (Å²) >= 11 is 3.44. The first-order valence-corrected chi connectivity index (χ1v) is 7.86. The Labute approximate surface area is 121 Å². The van der Waals surface area contributed by atoms with E-state index in [1.54, 1.807) is 22.7 Å². The summed E-state index contributed by atoms with van der Waals surface area (Å²) in [5, 5.41) is 7.48. The molecule has 3 nitrogen and oxygen atoms in total. The summed E-state index contributed by atoms with van der Waals surface area (Å²) in [7, 11) is 1.42. The number of rotatable bonds is 6. The van der Waals surface area contributed by atoms with Gasteiger partial charge in [-0.15, -0.1) is 22.7 Å². The largest absolute Gasteiger partial charge is 0.468 e. The maximum atomic E-state index is 11.5. The van der Waals surface area contributed by atoms with Gasteiger partial charge in [-0.1, -0.05) is 12.1 Å². The highest BCUT2D eigenvalue weighted by Gasteiger charge is 2.20. The average Bonchev–Trinajstić information content (AvgIpc) is 3.09. The molecule has 0 saturated heterocycles. The van der Waals surface area contributed by atoms with E-state index in [-0.39, 0.29) is 18.1 Å². The van der Waals surface area contributed by atoms with Crippen LogP contribution >= 0.6 is 22.7 Å². The number of esters is 1. The minimum Gasteiger partial charge on any atom is -0.468 e. The topological polar surface area (TPSA) is 38.3 Å². The number of nitrogens with one attached hydrogen (secondary N) is 1. The van der Waals surface area contributed by atoms with Gasteiger partial charge in [-0.2, -0.15) is 0 Å². The lowest BCUT2D eigenvalue weighted by Gasteiger charge is -2.20. The number of hydrogen-bond acceptors (Lipinski definition) is 5. The van der Waals surface area contributed by atoms with Crippen LogP contribution in [0.15, 0.2) is 35.0 Å². The van der Waals surface area contributed by atoms with Crippen molar-refractivity contribution in [1.82, 2.24) is 5.32 Å². The minimum absolute atomic E-state index is 0.146. The van der Waals surface area contributed by atoms with E-state index in [0.29, 0.717) is 0 Å². The van der Waals surface area contributed by atoms with E-state index in [4.69, 9.17) is 4.74 Å². The third kappa shape index (κ3) is 3.89. The maximum absolute atomic E-state index is 11.5. The fourth-order valence-electron chi connectivity index (χ4n) is 1.91. The maximum Gasteiger partial charge on any atom is 0.322 e. The molecule has 0 fully saturated rings. The van der Waals surface area contributed by atoms with Crippen LogP contribution in [0.3, 0.4) is 0 Å². The van der Waals surface area contributed by atoms with Gasteiger partial charge in [0.25, 0.3) is 0 Å². The van der Waals surface area contributed by atoms with Crippen molar-refractivity contribution in [3.63, 3.8) is 0 Å². The van der Waals surface area contributed by atoms with Gasteiger partial charge >= 0.3 is 5.97 Å². The predicted octanol–water partition coefficient (Wildman–Crippen LogP) is 3.24. The third-order valence-electron chi connectivity index (χ3n) is 2.88. The van der Waals surface area contributed by atoms with Crippen molar-refractivity contribution in [2.75, 3.05) is 7.11 Å². The number of methoxy groups -OCH3 is 1. The zero-order valence-electron chi connectivity index (χ0n) is 11.0. The molecule has 2 heterocycles. The summed E-state index contributed by atoms with van der Waals surface area (Å²) < 4.78 is 4.77. The first kappa shape index (κ1) is 14.2. The Kier molecular flexibility index (Phi) is 5.13. The van der Waals surface area contributed by atoms with Crippen LogP contribution < -0.4 is 5.32 Å². The average molecular weight is 295 g/mol. The van der Waals surface area contributed by atoms with Gasteiger partial charge in [-0.3, -0.25) is 10.1 Å². The second kappa shape index (κ2) is 6.84. The van der Waals surface area contributed by atoms with Crippen molar-refractivity contribution in [2.45, 2.75) is 25.4 Å². The fourth-order valence-corrected chi connectivity index (χ4v) is 3.45. The molecule has 2 aromatic rings. The van der Waals surface area contributed by atoms with Crippen LogP contribution in [0, 0.1) is 0 Å². The van der Waals surface area contributed by atoms with Gasteiger partial charge in [0.15, 0.2) is 0 Å². The first-order valence-electron chi connectivity index (χ1n) is 6.10. The lowest BCUT2D eigenvalue weighted by Crippen LogP contribution is -2.38. The summed E-state index contributed by atoms with van der Waals surface area (Å²) in [6.45, 7) is 1.83. The van der Waals surface area contributed by atoms with Crippen LogP contribution in [0.2, 0.25) is 0 Å². The molecule has 0 spiro atoms. The molecule has 102 valence electrons. The predicted molar refractivity (Wildman–Crippen MR) is 79.7 cm³/mol. The smallest absolute Gasteiger partial charge is 0.322 e. The van der Waals surface area contributed by atoms with E-state index in [0.717, 1.165) is 6.42 Å². The molecule has 0 amide bonds. The van der Waals surface area contributed by atoms with E-state index in [1.165, 1.54) is 16.9 Å². The number of carbonyl (C=O) groups excluding carboxylic acids is 1. The second-order valence-electron chi connectivity index (χ2n) is 4.26. The van der Waals surface area contributed by atoms with Crippen LogP contribution in [0.5, 0.6) is 0 Å². The minimum atomic E-state index is -0.308. The summed E-state index contributed by atoms with van der Waals surface area (Å²) in [6, 6.07) is 8.14. The number of carbonyl (C=O) groups is 1. The molecule has 2 atom stereocenters. The number of thiophene rings is 2. The van der Waals surface area contributed by atoms with Gasteiger partial charge < -0.3 is 4.74 Å². The Hall–Kier alpha value is -1.17. The molecule has 0 radical (unpaired) electrons. The van der Waals surface area contributed by atoms with E-state index in [1.807, 2.05) is 13.0 Å². The van der Waals surface area contributed by atoms with Gasteiger partial charge in [-0.25, -0.2) is 0 Å². The lowest BCUT2D eigenvalue weighted by molar-refractivity contribution is -0.142. The van der Waals surface area contributed by atoms with Crippen molar-refractivity contribution in [2.24, 2.45) is 0 Å². The fraction of sp³-hybridized carbons (Fsp3) is 0.357. The molecule has 0 bridgehead atoms. The first-order chi connectivity index (χ1) is 9.20. The Morgan fingerprint density at radius 2 is 2.05 bits per heavy atom. The summed E-state index contributed by atoms with van der Waals surface area (Å²) in [5.74, 6) is -0.229. The Morgan fingerprint density at radius 3 is 2.63 bits per heavy atom. The molecule has 2 aromatic heterocycles. The van der Waals surface area contributed by atoms with Crippen molar-refractivity contribution in [1.29, 1.82) is 0 Å². The van der Waals surface area contributed by atoms with Crippen LogP contribution in [-0.2, 0) is 16.0 Å². The normalized spacial score (nSPS) is 14.0. The highest BCUT2D eigenvalue weighted by atomic mass is 32.1. The highest BCUT2D eigenvalue weighted by molar-refractivity contribution is 7.10. The van der Waals surface area contributed by atoms with Gasteiger partial charge in [0, 0.05) is 22.2 Å². The molecule has 0 saturated carbocycles. The second-order valence-corrected chi connectivity index (χ2v) is 6.27. The molecule has 2 unspecified atom stereocenters. The lowest BCUT2D eigenvalue weighted by atomic mass is 10.1. The molecule has 1 N–H and O–H groups in total. The van der Waals surface area contributed by atoms with E-state index < -0.39 is 0 Å². The van der Waals surface area contributed by atoms with Crippen molar-refractivity contribution >= 4 is 28.6 Å². The third-order valence-corrected chi connectivity index (χ3v) is 4.76. The van der Waals surface area contributed by atoms with Gasteiger partial charge in [-0.05, 0) is 29.8 Å². The molecule has 0 aliphatic carbocycles. The Bertz CT molecular complexity index is 494. The van der Waals surface area contributed by atoms with Crippen LogP contribution in [-0.4, -0.2) is 19.1 Å². The molecule has 5 heteroatoms. The zero-order valence-corrected chi connectivity index (χ0v) is 12.6. The van der Waals surface area contributed by atoms with Crippen molar-refractivity contribution in [3.05, 3.63) is 44.8 Å². The van der Waals surface area contributed by atoms with E-state index in [2.05, 4.69) is 34.3 Å². The molecule has 0 aliphatic heterocycles. The van der Waals surface area contributed by atoms with Crippen LogP contribution in [0.4, 0.5) is 0 Å². The Balaban J connectivity index is 2.09. The van der Waals surface area contributed by atoms with Crippen molar-refractivity contribution < 1.29 is 9.53 Å². The summed E-state index contributed by atoms with van der Waals surface area (Å²) in [5.41, 5.74) is 0. The number of hydrogen-bond donors (Lipinski definition) is 1. The van der Waals surface area contributed by atoms with Gasteiger partial charge in [0.05, 0.1) is 7.11 Å². The van der Waals surface area contributed by atoms with Crippen molar-refractivity contribution in [3.8, 4) is 0 Å². The SMILES string of the molecule is COC(=O)C(C)NC(Cc1cccs1)c1cccs1. The molecular weight excluding hydrogens is 278 g/mol. The van der Waals surface area contributed by atoms with Crippen LogP contribution in [0.1, 0.15) is 22.7 Å². The van der Waals surface area contributed by atoms with Crippen LogP contribution in [0.25, 0.3) is 0 Å². The van der Waals surface area contributed by atoms with Gasteiger partial charge in [0.2, 0.25) is 0 Å². The summed E-state index contributed by atoms with van der Waals surface area (Å²) in [4.78, 5) is 14.1. The quantitative estimate of drug-likeness (QED) is 0.831. The standard InChI is InChI=1S/C14H17NO2S2/c1-10(14(16)17-2)15-12(13-6-4-8-19-13)9-11-5-3-7-18-11/h3-8,10,12,15H,9H2,1-2H3. The number of ether oxygens (including phenoxy) is 1. The summed E-state index contributed by atoms with van der Waals surface area (Å²) in [6.07, 6.45) is 0.888. The molecular formula is C14H17NO2S2. The molecule has 2 rings (SSSR count). The van der Waals surface area contributed by atoms with Gasteiger partial charge in [0.1, 0.15) is 6.04 Å². The monoisotopic (exact) mass is 295 g/mol. The molecule has 0 aromatic carbocycles. The molecule has 19 heavy (non-hydrogen) atoms.